The second-order valence-electron chi connectivity index (χ2n) is 5.01. The van der Waals surface area contributed by atoms with Crippen LogP contribution < -0.4 is 14.2 Å². The van der Waals surface area contributed by atoms with E-state index in [9.17, 15) is 14.4 Å². The van der Waals surface area contributed by atoms with Crippen molar-refractivity contribution in [2.24, 2.45) is 0 Å². The Balaban J connectivity index is 2.70. The molecule has 0 amide bonds. The first kappa shape index (κ1) is 16.5. The smallest absolute Gasteiger partial charge is 0.308 e. The molecule has 6 nitrogen and oxygen atoms in total. The van der Waals surface area contributed by atoms with Crippen molar-refractivity contribution >= 4 is 28.7 Å². The van der Waals surface area contributed by atoms with E-state index in [4.69, 9.17) is 14.2 Å². The van der Waals surface area contributed by atoms with E-state index in [1.807, 2.05) is 0 Å². The first-order valence-corrected chi connectivity index (χ1v) is 6.90. The fourth-order valence-electron chi connectivity index (χ4n) is 2.23. The summed E-state index contributed by atoms with van der Waals surface area (Å²) in [6.07, 6.45) is 0. The summed E-state index contributed by atoms with van der Waals surface area (Å²) in [6, 6.07) is 6.38. The molecule has 2 rings (SSSR count). The molecule has 6 heteroatoms. The van der Waals surface area contributed by atoms with E-state index in [1.54, 1.807) is 31.2 Å². The fourth-order valence-corrected chi connectivity index (χ4v) is 2.23. The maximum absolute atomic E-state index is 11.3. The summed E-state index contributed by atoms with van der Waals surface area (Å²) in [5.74, 6) is -0.433. The van der Waals surface area contributed by atoms with Crippen molar-refractivity contribution in [3.8, 4) is 17.2 Å². The fraction of sp³-hybridized carbons (Fsp3) is 0.235. The second kappa shape index (κ2) is 6.48. The Labute approximate surface area is 132 Å². The molecule has 0 saturated carbocycles. The van der Waals surface area contributed by atoms with Gasteiger partial charge in [0.2, 0.25) is 0 Å². The summed E-state index contributed by atoms with van der Waals surface area (Å²) < 4.78 is 15.5. The van der Waals surface area contributed by atoms with Gasteiger partial charge in [0.15, 0.2) is 0 Å². The number of esters is 3. The van der Waals surface area contributed by atoms with E-state index < -0.39 is 17.9 Å². The molecule has 2 aromatic rings. The molecule has 23 heavy (non-hydrogen) atoms. The van der Waals surface area contributed by atoms with E-state index >= 15 is 0 Å². The Morgan fingerprint density at radius 3 is 1.96 bits per heavy atom. The first-order valence-electron chi connectivity index (χ1n) is 6.90. The third kappa shape index (κ3) is 3.85. The molecule has 0 fully saturated rings. The van der Waals surface area contributed by atoms with Gasteiger partial charge in [-0.2, -0.15) is 0 Å². The maximum Gasteiger partial charge on any atom is 0.308 e. The quantitative estimate of drug-likeness (QED) is 0.640. The minimum Gasteiger partial charge on any atom is -0.427 e. The lowest BCUT2D eigenvalue weighted by Gasteiger charge is -2.14. The zero-order valence-electron chi connectivity index (χ0n) is 13.3. The van der Waals surface area contributed by atoms with Crippen LogP contribution in [-0.4, -0.2) is 17.9 Å². The van der Waals surface area contributed by atoms with Crippen LogP contribution in [-0.2, 0) is 14.4 Å². The van der Waals surface area contributed by atoms with Gasteiger partial charge in [0.05, 0.1) is 0 Å². The Bertz CT molecular complexity index is 806. The molecule has 0 N–H and O–H groups in total. The minimum atomic E-state index is -0.483. The van der Waals surface area contributed by atoms with Crippen molar-refractivity contribution in [1.82, 2.24) is 0 Å². The predicted octanol–water partition coefficient (Wildman–Crippen LogP) is 2.92. The van der Waals surface area contributed by atoms with Crippen LogP contribution >= 0.6 is 0 Å². The number of carbonyl (C=O) groups is 3. The van der Waals surface area contributed by atoms with Crippen molar-refractivity contribution in [3.63, 3.8) is 0 Å². The van der Waals surface area contributed by atoms with E-state index in [1.165, 1.54) is 20.8 Å². The summed E-state index contributed by atoms with van der Waals surface area (Å²) in [7, 11) is 0. The van der Waals surface area contributed by atoms with Gasteiger partial charge in [0.25, 0.3) is 0 Å². The van der Waals surface area contributed by atoms with Gasteiger partial charge in [-0.25, -0.2) is 0 Å². The Hall–Kier alpha value is -2.89. The third-order valence-corrected chi connectivity index (χ3v) is 2.97. The number of carbonyl (C=O) groups excluding carboxylic acids is 3. The van der Waals surface area contributed by atoms with Crippen LogP contribution in [0.4, 0.5) is 0 Å². The zero-order valence-corrected chi connectivity index (χ0v) is 13.3. The van der Waals surface area contributed by atoms with Gasteiger partial charge in [0, 0.05) is 31.5 Å². The molecule has 0 heterocycles. The molecule has 0 unspecified atom stereocenters. The number of rotatable bonds is 3. The molecule has 120 valence electrons. The maximum atomic E-state index is 11.3. The van der Waals surface area contributed by atoms with Crippen molar-refractivity contribution in [3.05, 3.63) is 29.8 Å². The largest absolute Gasteiger partial charge is 0.427 e. The van der Waals surface area contributed by atoms with Crippen molar-refractivity contribution < 1.29 is 28.6 Å². The van der Waals surface area contributed by atoms with Gasteiger partial charge in [0.1, 0.15) is 17.2 Å². The number of fused-ring (bicyclic) bond motifs is 1. The van der Waals surface area contributed by atoms with Crippen molar-refractivity contribution in [2.45, 2.75) is 27.7 Å². The molecule has 0 aliphatic carbocycles. The predicted molar refractivity (Wildman–Crippen MR) is 82.6 cm³/mol. The average molecular weight is 316 g/mol. The van der Waals surface area contributed by atoms with Gasteiger partial charge in [-0.05, 0) is 36.8 Å². The number of hydrogen-bond acceptors (Lipinski definition) is 6. The van der Waals surface area contributed by atoms with E-state index in [-0.39, 0.29) is 0 Å². The van der Waals surface area contributed by atoms with Gasteiger partial charge in [-0.1, -0.05) is 0 Å². The minimum absolute atomic E-state index is 0.301. The van der Waals surface area contributed by atoms with Crippen LogP contribution in [0.2, 0.25) is 0 Å². The first-order chi connectivity index (χ1) is 10.8. The van der Waals surface area contributed by atoms with Gasteiger partial charge in [-0.15, -0.1) is 0 Å². The summed E-state index contributed by atoms with van der Waals surface area (Å²) >= 11 is 0. The van der Waals surface area contributed by atoms with Crippen LogP contribution in [0.15, 0.2) is 24.3 Å². The SMILES string of the molecule is CC(=O)Oc1ccc2c(OC(C)=O)c(C)cc(OC(C)=O)c2c1. The number of hydrogen-bond donors (Lipinski definition) is 0. The molecule has 0 aliphatic rings. The molecule has 2 aromatic carbocycles. The zero-order chi connectivity index (χ0) is 17.1. The summed E-state index contributed by atoms with van der Waals surface area (Å²) in [5.41, 5.74) is 0.643. The lowest BCUT2D eigenvalue weighted by atomic mass is 10.0. The summed E-state index contributed by atoms with van der Waals surface area (Å²) in [6.45, 7) is 5.62. The van der Waals surface area contributed by atoms with Gasteiger partial charge >= 0.3 is 17.9 Å². The van der Waals surface area contributed by atoms with Crippen molar-refractivity contribution in [2.75, 3.05) is 0 Å². The highest BCUT2D eigenvalue weighted by Crippen LogP contribution is 2.38. The topological polar surface area (TPSA) is 78.9 Å². The normalized spacial score (nSPS) is 10.3. The number of benzene rings is 2. The molecule has 0 atom stereocenters. The van der Waals surface area contributed by atoms with Crippen LogP contribution in [0.1, 0.15) is 26.3 Å². The molecule has 0 aromatic heterocycles. The second-order valence-corrected chi connectivity index (χ2v) is 5.01. The average Bonchev–Trinajstić information content (AvgIpc) is 2.41. The monoisotopic (exact) mass is 316 g/mol. The molecular weight excluding hydrogens is 300 g/mol. The number of aryl methyl sites for hydroxylation is 1. The van der Waals surface area contributed by atoms with Crippen LogP contribution in [0.3, 0.4) is 0 Å². The lowest BCUT2D eigenvalue weighted by Crippen LogP contribution is -2.07. The van der Waals surface area contributed by atoms with Gasteiger partial charge in [-0.3, -0.25) is 14.4 Å². The molecular formula is C17H16O6. The highest BCUT2D eigenvalue weighted by atomic mass is 16.5. The molecule has 0 bridgehead atoms. The molecule has 0 radical (unpaired) electrons. The third-order valence-electron chi connectivity index (χ3n) is 2.97. The Kier molecular flexibility index (Phi) is 4.64. The standard InChI is InChI=1S/C17H16O6/c1-9-7-16(22-11(3)19)15-8-13(21-10(2)18)5-6-14(15)17(9)23-12(4)20/h5-8H,1-4H3. The summed E-state index contributed by atoms with van der Waals surface area (Å²) in [5, 5.41) is 1.08. The number of ether oxygens (including phenoxy) is 3. The van der Waals surface area contributed by atoms with Gasteiger partial charge < -0.3 is 14.2 Å². The Morgan fingerprint density at radius 1 is 0.783 bits per heavy atom. The summed E-state index contributed by atoms with van der Waals surface area (Å²) in [4.78, 5) is 33.7. The van der Waals surface area contributed by atoms with E-state index in [2.05, 4.69) is 0 Å². The van der Waals surface area contributed by atoms with Crippen LogP contribution in [0.5, 0.6) is 17.2 Å². The highest BCUT2D eigenvalue weighted by molar-refractivity contribution is 5.98. The van der Waals surface area contributed by atoms with Crippen LogP contribution in [0, 0.1) is 6.92 Å². The highest BCUT2D eigenvalue weighted by Gasteiger charge is 2.16. The van der Waals surface area contributed by atoms with Crippen molar-refractivity contribution in [1.29, 1.82) is 0 Å². The van der Waals surface area contributed by atoms with Crippen LogP contribution in [0.25, 0.3) is 10.8 Å². The molecule has 0 saturated heterocycles. The molecule has 0 aliphatic heterocycles. The Morgan fingerprint density at radius 2 is 1.39 bits per heavy atom. The van der Waals surface area contributed by atoms with E-state index in [0.29, 0.717) is 33.6 Å². The lowest BCUT2D eigenvalue weighted by molar-refractivity contribution is -0.133. The molecule has 0 spiro atoms. The van der Waals surface area contributed by atoms with E-state index in [0.717, 1.165) is 0 Å².